The summed E-state index contributed by atoms with van der Waals surface area (Å²) in [5, 5.41) is 0. The van der Waals surface area contributed by atoms with E-state index in [4.69, 9.17) is 4.42 Å². The van der Waals surface area contributed by atoms with Crippen LogP contribution >= 0.6 is 0 Å². The van der Waals surface area contributed by atoms with Gasteiger partial charge in [-0.25, -0.2) is 4.79 Å². The van der Waals surface area contributed by atoms with Crippen LogP contribution in [0.2, 0.25) is 0 Å². The Bertz CT molecular complexity index is 1200. The average Bonchev–Trinajstić information content (AvgIpc) is 3.13. The van der Waals surface area contributed by atoms with Crippen molar-refractivity contribution < 1.29 is 14.0 Å². The van der Waals surface area contributed by atoms with E-state index in [1.54, 1.807) is 23.1 Å². The molecule has 2 aliphatic heterocycles. The Morgan fingerprint density at radius 1 is 0.903 bits per heavy atom. The lowest BCUT2D eigenvalue weighted by atomic mass is 10.00. The van der Waals surface area contributed by atoms with E-state index in [1.165, 1.54) is 10.1 Å². The molecule has 7 heteroatoms. The summed E-state index contributed by atoms with van der Waals surface area (Å²) in [4.78, 5) is 42.0. The molecule has 1 saturated heterocycles. The number of hydrogen-bond acceptors (Lipinski definition) is 4. The standard InChI is InChI=1S/C24H25N3O4/c28-22(26-13-10-17-6-2-3-7-19(17)15-26)16-27-20-14-18(8-9-21(20)31-24(27)30)23(29)25-11-4-1-5-12-25/h2-3,6-9,14H,1,4-5,10-13,15-16H2. The van der Waals surface area contributed by atoms with E-state index in [9.17, 15) is 14.4 Å². The Morgan fingerprint density at radius 3 is 2.48 bits per heavy atom. The summed E-state index contributed by atoms with van der Waals surface area (Å²) in [5.41, 5.74) is 3.79. The molecule has 3 aromatic rings. The highest BCUT2D eigenvalue weighted by Crippen LogP contribution is 2.21. The zero-order chi connectivity index (χ0) is 21.4. The SMILES string of the molecule is O=C(Cn1c(=O)oc2ccc(C(=O)N3CCCCC3)cc21)N1CCc2ccccc2C1. The van der Waals surface area contributed by atoms with Gasteiger partial charge in [-0.1, -0.05) is 24.3 Å². The molecule has 0 atom stereocenters. The van der Waals surface area contributed by atoms with Gasteiger partial charge in [-0.05, 0) is 55.0 Å². The number of hydrogen-bond donors (Lipinski definition) is 0. The van der Waals surface area contributed by atoms with Gasteiger partial charge >= 0.3 is 5.76 Å². The summed E-state index contributed by atoms with van der Waals surface area (Å²) in [6.07, 6.45) is 3.97. The summed E-state index contributed by atoms with van der Waals surface area (Å²) >= 11 is 0. The van der Waals surface area contributed by atoms with E-state index in [0.29, 0.717) is 29.8 Å². The third-order valence-electron chi connectivity index (χ3n) is 6.33. The van der Waals surface area contributed by atoms with Gasteiger partial charge in [-0.15, -0.1) is 0 Å². The first-order valence-electron chi connectivity index (χ1n) is 10.9. The Balaban J connectivity index is 1.39. The molecule has 0 N–H and O–H groups in total. The maximum absolute atomic E-state index is 13.0. The van der Waals surface area contributed by atoms with Crippen molar-refractivity contribution in [2.45, 2.75) is 38.8 Å². The molecule has 5 rings (SSSR count). The second-order valence-corrected chi connectivity index (χ2v) is 8.32. The quantitative estimate of drug-likeness (QED) is 0.654. The summed E-state index contributed by atoms with van der Waals surface area (Å²) < 4.78 is 6.67. The maximum Gasteiger partial charge on any atom is 0.420 e. The van der Waals surface area contributed by atoms with Crippen molar-refractivity contribution in [3.63, 3.8) is 0 Å². The van der Waals surface area contributed by atoms with Crippen LogP contribution in [-0.4, -0.2) is 45.8 Å². The topological polar surface area (TPSA) is 75.8 Å². The molecule has 0 bridgehead atoms. The molecule has 1 fully saturated rings. The number of piperidine rings is 1. The zero-order valence-electron chi connectivity index (χ0n) is 17.4. The molecule has 0 aliphatic carbocycles. The number of carbonyl (C=O) groups is 2. The van der Waals surface area contributed by atoms with Crippen LogP contribution in [0.5, 0.6) is 0 Å². The van der Waals surface area contributed by atoms with Crippen molar-refractivity contribution in [1.29, 1.82) is 0 Å². The van der Waals surface area contributed by atoms with Crippen LogP contribution in [0.1, 0.15) is 40.7 Å². The smallest absolute Gasteiger partial charge is 0.408 e. The van der Waals surface area contributed by atoms with Gasteiger partial charge in [-0.2, -0.15) is 0 Å². The fourth-order valence-electron chi connectivity index (χ4n) is 4.57. The van der Waals surface area contributed by atoms with Crippen molar-refractivity contribution >= 4 is 22.9 Å². The molecule has 1 aromatic heterocycles. The fraction of sp³-hybridized carbons (Fsp3) is 0.375. The third kappa shape index (κ3) is 3.76. The van der Waals surface area contributed by atoms with E-state index in [-0.39, 0.29) is 18.4 Å². The highest BCUT2D eigenvalue weighted by molar-refractivity contribution is 5.97. The zero-order valence-corrected chi connectivity index (χ0v) is 17.4. The minimum absolute atomic E-state index is 0.0410. The fourth-order valence-corrected chi connectivity index (χ4v) is 4.57. The van der Waals surface area contributed by atoms with Crippen LogP contribution in [0.15, 0.2) is 51.7 Å². The largest absolute Gasteiger partial charge is 0.420 e. The first-order valence-corrected chi connectivity index (χ1v) is 10.9. The molecule has 0 spiro atoms. The van der Waals surface area contributed by atoms with Gasteiger partial charge in [0.25, 0.3) is 5.91 Å². The number of nitrogens with zero attached hydrogens (tertiary/aromatic N) is 3. The molecule has 2 aliphatic rings. The summed E-state index contributed by atoms with van der Waals surface area (Å²) in [5.74, 6) is -0.754. The van der Waals surface area contributed by atoms with E-state index < -0.39 is 5.76 Å². The first kappa shape index (κ1) is 19.6. The summed E-state index contributed by atoms with van der Waals surface area (Å²) in [6, 6.07) is 13.1. The number of fused-ring (bicyclic) bond motifs is 2. The van der Waals surface area contributed by atoms with Crippen molar-refractivity contribution in [1.82, 2.24) is 14.4 Å². The highest BCUT2D eigenvalue weighted by atomic mass is 16.4. The Hall–Kier alpha value is -3.35. The summed E-state index contributed by atoms with van der Waals surface area (Å²) in [6.45, 7) is 2.57. The summed E-state index contributed by atoms with van der Waals surface area (Å²) in [7, 11) is 0. The lowest BCUT2D eigenvalue weighted by molar-refractivity contribution is -0.132. The van der Waals surface area contributed by atoms with Crippen molar-refractivity contribution in [3.8, 4) is 0 Å². The Morgan fingerprint density at radius 2 is 1.68 bits per heavy atom. The first-order chi connectivity index (χ1) is 15.1. The van der Waals surface area contributed by atoms with Gasteiger partial charge in [0, 0.05) is 31.7 Å². The molecule has 7 nitrogen and oxygen atoms in total. The van der Waals surface area contributed by atoms with Crippen molar-refractivity contribution in [2.75, 3.05) is 19.6 Å². The number of oxazole rings is 1. The minimum Gasteiger partial charge on any atom is -0.408 e. The number of likely N-dealkylation sites (tertiary alicyclic amines) is 1. The van der Waals surface area contributed by atoms with Gasteiger partial charge in [0.1, 0.15) is 6.54 Å². The second-order valence-electron chi connectivity index (χ2n) is 8.32. The molecule has 2 aromatic carbocycles. The Labute approximate surface area is 179 Å². The molecule has 0 saturated carbocycles. The highest BCUT2D eigenvalue weighted by Gasteiger charge is 2.24. The van der Waals surface area contributed by atoms with Crippen LogP contribution < -0.4 is 5.76 Å². The van der Waals surface area contributed by atoms with Crippen molar-refractivity contribution in [2.24, 2.45) is 0 Å². The molecular formula is C24H25N3O4. The maximum atomic E-state index is 13.0. The number of rotatable bonds is 3. The van der Waals surface area contributed by atoms with E-state index in [2.05, 4.69) is 6.07 Å². The van der Waals surface area contributed by atoms with E-state index >= 15 is 0 Å². The predicted molar refractivity (Wildman–Crippen MR) is 116 cm³/mol. The molecule has 0 radical (unpaired) electrons. The molecule has 3 heterocycles. The van der Waals surface area contributed by atoms with Crippen LogP contribution in [0.4, 0.5) is 0 Å². The number of aromatic nitrogens is 1. The van der Waals surface area contributed by atoms with Crippen LogP contribution in [-0.2, 0) is 24.3 Å². The van der Waals surface area contributed by atoms with E-state index in [0.717, 1.165) is 44.3 Å². The van der Waals surface area contributed by atoms with Gasteiger partial charge in [-0.3, -0.25) is 14.2 Å². The Kier molecular flexibility index (Phi) is 5.10. The normalized spacial score (nSPS) is 16.4. The number of carbonyl (C=O) groups excluding carboxylic acids is 2. The average molecular weight is 419 g/mol. The predicted octanol–water partition coefficient (Wildman–Crippen LogP) is 2.81. The molecule has 2 amide bonds. The third-order valence-corrected chi connectivity index (χ3v) is 6.33. The van der Waals surface area contributed by atoms with Crippen LogP contribution in [0, 0.1) is 0 Å². The van der Waals surface area contributed by atoms with Gasteiger partial charge < -0.3 is 14.2 Å². The second kappa shape index (κ2) is 8.06. The number of benzene rings is 2. The van der Waals surface area contributed by atoms with E-state index in [1.807, 2.05) is 23.1 Å². The molecule has 0 unspecified atom stereocenters. The number of amides is 2. The minimum atomic E-state index is -0.580. The molecule has 160 valence electrons. The van der Waals surface area contributed by atoms with Crippen LogP contribution in [0.3, 0.4) is 0 Å². The van der Waals surface area contributed by atoms with Crippen molar-refractivity contribution in [3.05, 3.63) is 69.7 Å². The van der Waals surface area contributed by atoms with Gasteiger partial charge in [0.15, 0.2) is 5.58 Å². The molecule has 31 heavy (non-hydrogen) atoms. The van der Waals surface area contributed by atoms with Gasteiger partial charge in [0.05, 0.1) is 5.52 Å². The monoisotopic (exact) mass is 419 g/mol. The molecular weight excluding hydrogens is 394 g/mol. The lowest BCUT2D eigenvalue weighted by Crippen LogP contribution is -2.39. The van der Waals surface area contributed by atoms with Crippen LogP contribution in [0.25, 0.3) is 11.1 Å². The van der Waals surface area contributed by atoms with Gasteiger partial charge in [0.2, 0.25) is 5.91 Å². The lowest BCUT2D eigenvalue weighted by Gasteiger charge is -2.29.